The molecule has 0 aromatic carbocycles. The van der Waals surface area contributed by atoms with Crippen LogP contribution in [-0.2, 0) is 13.0 Å². The number of imidazole rings is 1. The van der Waals surface area contributed by atoms with Crippen LogP contribution in [0.2, 0.25) is 0 Å². The summed E-state index contributed by atoms with van der Waals surface area (Å²) in [5.41, 5.74) is 2.51. The maximum Gasteiger partial charge on any atom is 0.273 e. The molecule has 0 radical (unpaired) electrons. The summed E-state index contributed by atoms with van der Waals surface area (Å²) >= 11 is 1.50. The molecule has 3 aromatic heterocycles. The van der Waals surface area contributed by atoms with Crippen molar-refractivity contribution in [1.82, 2.24) is 24.3 Å². The number of carbonyl (C=O) groups is 1. The van der Waals surface area contributed by atoms with E-state index in [1.807, 2.05) is 37.0 Å². The molecule has 1 aliphatic heterocycles. The number of rotatable bonds is 2. The fourth-order valence-corrected chi connectivity index (χ4v) is 3.87. The van der Waals surface area contributed by atoms with Gasteiger partial charge >= 0.3 is 0 Å². The Kier molecular flexibility index (Phi) is 3.60. The Morgan fingerprint density at radius 2 is 2.16 bits per heavy atom. The topological polar surface area (TPSA) is 86.6 Å². The number of H-pyrrole nitrogens is 1. The Bertz CT molecular complexity index is 1030. The first-order valence-corrected chi connectivity index (χ1v) is 8.84. The number of anilines is 1. The summed E-state index contributed by atoms with van der Waals surface area (Å²) < 4.78 is 1.83. The van der Waals surface area contributed by atoms with Crippen molar-refractivity contribution in [3.8, 4) is 0 Å². The summed E-state index contributed by atoms with van der Waals surface area (Å²) in [5.74, 6) is 0.418. The highest BCUT2D eigenvalue weighted by Gasteiger charge is 2.28. The van der Waals surface area contributed by atoms with Crippen molar-refractivity contribution in [2.24, 2.45) is 0 Å². The second kappa shape index (κ2) is 5.69. The zero-order valence-electron chi connectivity index (χ0n) is 14.2. The highest BCUT2D eigenvalue weighted by Crippen LogP contribution is 2.22. The summed E-state index contributed by atoms with van der Waals surface area (Å²) in [7, 11) is 3.64. The number of thiazole rings is 1. The molecule has 9 heteroatoms. The Morgan fingerprint density at radius 1 is 1.36 bits per heavy atom. The molecule has 0 unspecified atom stereocenters. The first kappa shape index (κ1) is 15.8. The number of hydrogen-bond donors (Lipinski definition) is 1. The molecule has 0 aliphatic carbocycles. The van der Waals surface area contributed by atoms with Crippen LogP contribution < -0.4 is 10.5 Å². The van der Waals surface area contributed by atoms with Crippen molar-refractivity contribution < 1.29 is 4.79 Å². The predicted molar refractivity (Wildman–Crippen MR) is 95.4 cm³/mol. The van der Waals surface area contributed by atoms with Crippen molar-refractivity contribution in [3.05, 3.63) is 44.6 Å². The smallest absolute Gasteiger partial charge is 0.273 e. The van der Waals surface area contributed by atoms with Gasteiger partial charge < -0.3 is 9.80 Å². The highest BCUT2D eigenvalue weighted by atomic mass is 32.1. The van der Waals surface area contributed by atoms with Crippen molar-refractivity contribution in [2.75, 3.05) is 25.5 Å². The van der Waals surface area contributed by atoms with Gasteiger partial charge in [-0.2, -0.15) is 0 Å². The molecule has 0 saturated heterocycles. The average Bonchev–Trinajstić information content (AvgIpc) is 3.13. The Hall–Kier alpha value is -2.68. The summed E-state index contributed by atoms with van der Waals surface area (Å²) in [6.07, 6.45) is 2.36. The quantitative estimate of drug-likeness (QED) is 0.740. The number of nitrogens with zero attached hydrogens (tertiary/aromatic N) is 5. The van der Waals surface area contributed by atoms with Crippen LogP contribution in [0.3, 0.4) is 0 Å². The maximum atomic E-state index is 13.1. The molecule has 3 aromatic rings. The molecule has 0 saturated carbocycles. The Balaban J connectivity index is 1.70. The lowest BCUT2D eigenvalue weighted by Gasteiger charge is -2.28. The summed E-state index contributed by atoms with van der Waals surface area (Å²) in [6, 6.07) is 0. The van der Waals surface area contributed by atoms with E-state index in [-0.39, 0.29) is 11.5 Å². The van der Waals surface area contributed by atoms with E-state index in [1.54, 1.807) is 9.80 Å². The summed E-state index contributed by atoms with van der Waals surface area (Å²) in [5, 5.41) is 1.91. The summed E-state index contributed by atoms with van der Waals surface area (Å²) in [4.78, 5) is 41.3. The van der Waals surface area contributed by atoms with Gasteiger partial charge in [-0.15, -0.1) is 11.3 Å². The second-order valence-corrected chi connectivity index (χ2v) is 7.16. The van der Waals surface area contributed by atoms with Crippen LogP contribution in [0, 0.1) is 6.92 Å². The van der Waals surface area contributed by atoms with Gasteiger partial charge in [0.25, 0.3) is 11.5 Å². The number of carbonyl (C=O) groups excluding carboxylic acids is 1. The molecule has 4 heterocycles. The molecule has 4 rings (SSSR count). The molecule has 0 bridgehead atoms. The molecule has 8 nitrogen and oxygen atoms in total. The SMILES string of the molecule is Cc1nc2sccn2c1C(=O)N1CCc2c(nc(N(C)C)[nH]c2=O)C1. The molecule has 25 heavy (non-hydrogen) atoms. The Labute approximate surface area is 147 Å². The van der Waals surface area contributed by atoms with Crippen molar-refractivity contribution in [1.29, 1.82) is 0 Å². The number of nitrogens with one attached hydrogen (secondary N) is 1. The van der Waals surface area contributed by atoms with Gasteiger partial charge in [0.1, 0.15) is 5.69 Å². The number of aromatic nitrogens is 4. The zero-order valence-corrected chi connectivity index (χ0v) is 15.1. The largest absolute Gasteiger partial charge is 0.348 e. The van der Waals surface area contributed by atoms with Crippen LogP contribution in [0.25, 0.3) is 4.96 Å². The molecule has 0 atom stereocenters. The van der Waals surface area contributed by atoms with Crippen LogP contribution in [0.1, 0.15) is 27.4 Å². The first-order chi connectivity index (χ1) is 12.0. The van der Waals surface area contributed by atoms with Crippen molar-refractivity contribution in [3.63, 3.8) is 0 Å². The van der Waals surface area contributed by atoms with E-state index in [2.05, 4.69) is 15.0 Å². The van der Waals surface area contributed by atoms with Gasteiger partial charge in [-0.1, -0.05) is 0 Å². The first-order valence-electron chi connectivity index (χ1n) is 7.96. The van der Waals surface area contributed by atoms with Gasteiger partial charge in [-0.3, -0.25) is 19.0 Å². The fraction of sp³-hybridized carbons (Fsp3) is 0.375. The lowest BCUT2D eigenvalue weighted by atomic mass is 10.1. The van der Waals surface area contributed by atoms with Crippen LogP contribution in [-0.4, -0.2) is 50.8 Å². The van der Waals surface area contributed by atoms with E-state index < -0.39 is 0 Å². The molecule has 1 N–H and O–H groups in total. The average molecular weight is 358 g/mol. The number of hydrogen-bond acceptors (Lipinski definition) is 6. The zero-order chi connectivity index (χ0) is 17.7. The standard InChI is InChI=1S/C16H18N6O2S/c1-9-12(22-6-7-25-16(22)17-9)14(24)21-5-4-10-11(8-21)18-15(20(2)3)19-13(10)23/h6-7H,4-5,8H2,1-3H3,(H,18,19,23). The lowest BCUT2D eigenvalue weighted by Crippen LogP contribution is -2.40. The van der Waals surface area contributed by atoms with E-state index in [4.69, 9.17) is 0 Å². The van der Waals surface area contributed by atoms with Crippen LogP contribution >= 0.6 is 11.3 Å². The van der Waals surface area contributed by atoms with Gasteiger partial charge in [-0.05, 0) is 13.3 Å². The molecular weight excluding hydrogens is 340 g/mol. The minimum atomic E-state index is -0.124. The molecule has 1 amide bonds. The van der Waals surface area contributed by atoms with Gasteiger partial charge in [0.05, 0.1) is 17.9 Å². The fourth-order valence-electron chi connectivity index (χ4n) is 3.11. The van der Waals surface area contributed by atoms with Crippen molar-refractivity contribution in [2.45, 2.75) is 19.9 Å². The number of aromatic amines is 1. The van der Waals surface area contributed by atoms with E-state index in [0.29, 0.717) is 42.4 Å². The van der Waals surface area contributed by atoms with E-state index >= 15 is 0 Å². The van der Waals surface area contributed by atoms with Gasteiger partial charge in [0, 0.05) is 37.8 Å². The monoisotopic (exact) mass is 358 g/mol. The van der Waals surface area contributed by atoms with E-state index in [1.165, 1.54) is 11.3 Å². The third-order valence-electron chi connectivity index (χ3n) is 4.41. The highest BCUT2D eigenvalue weighted by molar-refractivity contribution is 7.15. The predicted octanol–water partition coefficient (Wildman–Crippen LogP) is 1.05. The van der Waals surface area contributed by atoms with Crippen LogP contribution in [0.15, 0.2) is 16.4 Å². The molecular formula is C16H18N6O2S. The second-order valence-electron chi connectivity index (χ2n) is 6.29. The number of aryl methyl sites for hydroxylation is 1. The Morgan fingerprint density at radius 3 is 2.92 bits per heavy atom. The number of amides is 1. The van der Waals surface area contributed by atoms with Gasteiger partial charge in [-0.25, -0.2) is 9.97 Å². The van der Waals surface area contributed by atoms with E-state index in [0.717, 1.165) is 10.7 Å². The van der Waals surface area contributed by atoms with Crippen LogP contribution in [0.4, 0.5) is 5.95 Å². The minimum Gasteiger partial charge on any atom is -0.348 e. The van der Waals surface area contributed by atoms with Crippen LogP contribution in [0.5, 0.6) is 0 Å². The third-order valence-corrected chi connectivity index (χ3v) is 5.17. The third kappa shape index (κ3) is 2.51. The lowest BCUT2D eigenvalue weighted by molar-refractivity contribution is 0.0723. The van der Waals surface area contributed by atoms with Gasteiger partial charge in [0.2, 0.25) is 5.95 Å². The molecule has 130 valence electrons. The molecule has 0 fully saturated rings. The van der Waals surface area contributed by atoms with Crippen molar-refractivity contribution >= 4 is 28.2 Å². The summed E-state index contributed by atoms with van der Waals surface area (Å²) in [6.45, 7) is 2.67. The van der Waals surface area contributed by atoms with Gasteiger partial charge in [0.15, 0.2) is 4.96 Å². The normalized spacial score (nSPS) is 14.0. The molecule has 0 spiro atoms. The number of fused-ring (bicyclic) bond motifs is 2. The molecule has 1 aliphatic rings. The van der Waals surface area contributed by atoms with E-state index in [9.17, 15) is 9.59 Å². The minimum absolute atomic E-state index is 0.0810. The maximum absolute atomic E-state index is 13.1.